The molecule has 0 atom stereocenters. The van der Waals surface area contributed by atoms with Crippen LogP contribution in [0.2, 0.25) is 0 Å². The Morgan fingerprint density at radius 1 is 1.23 bits per heavy atom. The van der Waals surface area contributed by atoms with E-state index in [1.807, 2.05) is 22.4 Å². The molecule has 0 bridgehead atoms. The van der Waals surface area contributed by atoms with Gasteiger partial charge in [0.2, 0.25) is 5.91 Å². The van der Waals surface area contributed by atoms with Gasteiger partial charge in [0.25, 0.3) is 0 Å². The molecule has 0 fully saturated rings. The Kier molecular flexibility index (Phi) is 4.16. The number of hydrogen-bond acceptors (Lipinski definition) is 5. The topological polar surface area (TPSA) is 63.4 Å². The van der Waals surface area contributed by atoms with Gasteiger partial charge in [-0.15, -0.1) is 16.4 Å². The van der Waals surface area contributed by atoms with Crippen LogP contribution in [-0.4, -0.2) is 30.8 Å². The van der Waals surface area contributed by atoms with E-state index in [-0.39, 0.29) is 5.91 Å². The predicted octanol–water partition coefficient (Wildman–Crippen LogP) is 3.50. The molecule has 0 radical (unpaired) electrons. The van der Waals surface area contributed by atoms with Crippen molar-refractivity contribution in [3.05, 3.63) is 57.3 Å². The number of hydrogen-bond donors (Lipinski definition) is 0. The predicted molar refractivity (Wildman–Crippen MR) is 102 cm³/mol. The lowest BCUT2D eigenvalue weighted by Gasteiger charge is -2.21. The molecule has 26 heavy (non-hydrogen) atoms. The van der Waals surface area contributed by atoms with Gasteiger partial charge in [-0.2, -0.15) is 4.52 Å². The van der Waals surface area contributed by atoms with E-state index in [9.17, 15) is 4.79 Å². The first-order chi connectivity index (χ1) is 12.5. The number of fused-ring (bicyclic) bond motifs is 3. The zero-order valence-corrected chi connectivity index (χ0v) is 15.7. The molecule has 6 nitrogen and oxygen atoms in total. The van der Waals surface area contributed by atoms with Crippen LogP contribution in [0.4, 0.5) is 0 Å². The van der Waals surface area contributed by atoms with Crippen LogP contribution in [0.15, 0.2) is 35.7 Å². The summed E-state index contributed by atoms with van der Waals surface area (Å²) in [6.07, 6.45) is 0. The van der Waals surface area contributed by atoms with E-state index in [1.165, 1.54) is 5.56 Å². The van der Waals surface area contributed by atoms with Crippen LogP contribution in [0.25, 0.3) is 16.6 Å². The second-order valence-corrected chi connectivity index (χ2v) is 7.52. The van der Waals surface area contributed by atoms with Crippen molar-refractivity contribution in [1.82, 2.24) is 24.9 Å². The van der Waals surface area contributed by atoms with Gasteiger partial charge >= 0.3 is 0 Å². The molecule has 7 heteroatoms. The van der Waals surface area contributed by atoms with Crippen LogP contribution >= 0.6 is 11.3 Å². The fourth-order valence-corrected chi connectivity index (χ4v) is 3.92. The van der Waals surface area contributed by atoms with Crippen molar-refractivity contribution in [2.45, 2.75) is 33.9 Å². The Balaban J connectivity index is 1.81. The summed E-state index contributed by atoms with van der Waals surface area (Å²) in [6.45, 7) is 6.82. The highest BCUT2D eigenvalue weighted by atomic mass is 32.1. The molecule has 132 valence electrons. The highest BCUT2D eigenvalue weighted by Gasteiger charge is 2.17. The number of aryl methyl sites for hydroxylation is 2. The number of amides is 1. The SMILES string of the molecule is CC(=O)N(Cc1cccs1)Cc1cc2ccc(C)c(C)c2n2nnnc12. The van der Waals surface area contributed by atoms with Crippen LogP contribution in [0, 0.1) is 13.8 Å². The van der Waals surface area contributed by atoms with E-state index >= 15 is 0 Å². The molecule has 1 amide bonds. The van der Waals surface area contributed by atoms with Crippen LogP contribution in [0.3, 0.4) is 0 Å². The zero-order chi connectivity index (χ0) is 18.3. The number of tetrazole rings is 1. The fourth-order valence-electron chi connectivity index (χ4n) is 3.20. The van der Waals surface area contributed by atoms with E-state index in [4.69, 9.17) is 0 Å². The normalized spacial score (nSPS) is 11.3. The highest BCUT2D eigenvalue weighted by Crippen LogP contribution is 2.25. The third-order valence-electron chi connectivity index (χ3n) is 4.76. The Morgan fingerprint density at radius 2 is 2.08 bits per heavy atom. The molecule has 0 saturated heterocycles. The minimum Gasteiger partial charge on any atom is -0.333 e. The molecule has 0 N–H and O–H groups in total. The molecule has 0 aliphatic carbocycles. The molecular formula is C19H19N5OS. The molecule has 4 rings (SSSR count). The van der Waals surface area contributed by atoms with Crippen molar-refractivity contribution in [2.24, 2.45) is 0 Å². The number of aromatic nitrogens is 4. The molecule has 0 spiro atoms. The highest BCUT2D eigenvalue weighted by molar-refractivity contribution is 7.09. The van der Waals surface area contributed by atoms with E-state index in [0.717, 1.165) is 26.9 Å². The van der Waals surface area contributed by atoms with Crippen LogP contribution in [-0.2, 0) is 17.9 Å². The summed E-state index contributed by atoms with van der Waals surface area (Å²) < 4.78 is 1.79. The standard InChI is InChI=1S/C19H19N5OS/c1-12-6-7-15-9-16(19-20-21-22-24(19)18(15)13(12)2)10-23(14(3)25)11-17-5-4-8-26-17/h4-9H,10-11H2,1-3H3. The number of pyridine rings is 1. The number of carbonyl (C=O) groups is 1. The van der Waals surface area contributed by atoms with Gasteiger partial charge in [0, 0.05) is 29.3 Å². The second-order valence-electron chi connectivity index (χ2n) is 6.48. The van der Waals surface area contributed by atoms with E-state index in [2.05, 4.69) is 47.6 Å². The third kappa shape index (κ3) is 2.84. The molecule has 1 aromatic carbocycles. The minimum atomic E-state index is 0.0317. The maximum atomic E-state index is 12.2. The van der Waals surface area contributed by atoms with Gasteiger partial charge in [0.1, 0.15) is 0 Å². The van der Waals surface area contributed by atoms with Crippen molar-refractivity contribution < 1.29 is 4.79 Å². The fraction of sp³-hybridized carbons (Fsp3) is 0.263. The number of rotatable bonds is 4. The molecule has 4 aromatic rings. The summed E-state index contributed by atoms with van der Waals surface area (Å²) in [6, 6.07) is 10.3. The summed E-state index contributed by atoms with van der Waals surface area (Å²) in [5, 5.41) is 15.4. The maximum absolute atomic E-state index is 12.2. The van der Waals surface area contributed by atoms with Gasteiger partial charge in [-0.3, -0.25) is 4.79 Å². The van der Waals surface area contributed by atoms with E-state index < -0.39 is 0 Å². The summed E-state index contributed by atoms with van der Waals surface area (Å²) in [7, 11) is 0. The first-order valence-electron chi connectivity index (χ1n) is 8.42. The first-order valence-corrected chi connectivity index (χ1v) is 9.30. The first kappa shape index (κ1) is 16.7. The third-order valence-corrected chi connectivity index (χ3v) is 5.63. The number of carbonyl (C=O) groups excluding carboxylic acids is 1. The molecule has 0 saturated carbocycles. The lowest BCUT2D eigenvalue weighted by molar-refractivity contribution is -0.130. The Bertz CT molecular complexity index is 1100. The second kappa shape index (κ2) is 6.49. The van der Waals surface area contributed by atoms with Crippen molar-refractivity contribution in [2.75, 3.05) is 0 Å². The molecule has 0 aliphatic rings. The molecule has 0 aliphatic heterocycles. The molecule has 3 aromatic heterocycles. The largest absolute Gasteiger partial charge is 0.333 e. The number of thiophene rings is 1. The average Bonchev–Trinajstić information content (AvgIpc) is 3.29. The lowest BCUT2D eigenvalue weighted by Crippen LogP contribution is -2.27. The minimum absolute atomic E-state index is 0.0317. The number of benzene rings is 1. The maximum Gasteiger partial charge on any atom is 0.220 e. The Labute approximate surface area is 155 Å². The molecule has 0 unspecified atom stereocenters. The van der Waals surface area contributed by atoms with Gasteiger partial charge < -0.3 is 4.90 Å². The van der Waals surface area contributed by atoms with Crippen molar-refractivity contribution in [3.8, 4) is 0 Å². The van der Waals surface area contributed by atoms with E-state index in [1.54, 1.807) is 22.8 Å². The zero-order valence-electron chi connectivity index (χ0n) is 14.9. The van der Waals surface area contributed by atoms with Crippen LogP contribution < -0.4 is 0 Å². The van der Waals surface area contributed by atoms with Gasteiger partial charge in [-0.05, 0) is 52.9 Å². The van der Waals surface area contributed by atoms with Gasteiger partial charge in [0.05, 0.1) is 12.1 Å². The number of nitrogens with zero attached hydrogens (tertiary/aromatic N) is 5. The average molecular weight is 365 g/mol. The lowest BCUT2D eigenvalue weighted by atomic mass is 10.0. The van der Waals surface area contributed by atoms with Crippen molar-refractivity contribution in [3.63, 3.8) is 0 Å². The van der Waals surface area contributed by atoms with Crippen molar-refractivity contribution in [1.29, 1.82) is 0 Å². The van der Waals surface area contributed by atoms with Crippen LogP contribution in [0.1, 0.15) is 28.5 Å². The van der Waals surface area contributed by atoms with Crippen molar-refractivity contribution >= 4 is 33.8 Å². The molecule has 3 heterocycles. The summed E-state index contributed by atoms with van der Waals surface area (Å²) >= 11 is 1.65. The Hall–Kier alpha value is -2.80. The summed E-state index contributed by atoms with van der Waals surface area (Å²) in [5.41, 5.74) is 5.01. The molecular weight excluding hydrogens is 346 g/mol. The summed E-state index contributed by atoms with van der Waals surface area (Å²) in [5.74, 6) is 0.0317. The summed E-state index contributed by atoms with van der Waals surface area (Å²) in [4.78, 5) is 15.2. The van der Waals surface area contributed by atoms with Crippen LogP contribution in [0.5, 0.6) is 0 Å². The Morgan fingerprint density at radius 3 is 2.81 bits per heavy atom. The van der Waals surface area contributed by atoms with Gasteiger partial charge in [-0.1, -0.05) is 18.2 Å². The van der Waals surface area contributed by atoms with E-state index in [0.29, 0.717) is 18.7 Å². The van der Waals surface area contributed by atoms with Gasteiger partial charge in [0.15, 0.2) is 5.65 Å². The smallest absolute Gasteiger partial charge is 0.220 e. The van der Waals surface area contributed by atoms with Gasteiger partial charge in [-0.25, -0.2) is 0 Å². The monoisotopic (exact) mass is 365 g/mol. The quantitative estimate of drug-likeness (QED) is 0.555.